The highest BCUT2D eigenvalue weighted by atomic mass is 32.2. The average molecular weight is 273 g/mol. The lowest BCUT2D eigenvalue weighted by Crippen LogP contribution is -2.47. The van der Waals surface area contributed by atoms with Crippen LogP contribution in [0.25, 0.3) is 0 Å². The van der Waals surface area contributed by atoms with Crippen LogP contribution in [0.5, 0.6) is 0 Å². The van der Waals surface area contributed by atoms with Gasteiger partial charge in [0.1, 0.15) is 6.04 Å². The van der Waals surface area contributed by atoms with Gasteiger partial charge in [-0.3, -0.25) is 4.79 Å². The molecule has 0 fully saturated rings. The fourth-order valence-electron chi connectivity index (χ4n) is 1.34. The second-order valence-corrected chi connectivity index (χ2v) is 5.31. The lowest BCUT2D eigenvalue weighted by Gasteiger charge is -2.21. The first-order valence-corrected chi connectivity index (χ1v) is 6.61. The molecule has 0 aliphatic carbocycles. The van der Waals surface area contributed by atoms with E-state index in [9.17, 15) is 13.2 Å². The van der Waals surface area contributed by atoms with Gasteiger partial charge in [0.15, 0.2) is 0 Å². The third-order valence-corrected chi connectivity index (χ3v) is 3.28. The molecule has 18 heavy (non-hydrogen) atoms. The molecule has 5 N–H and O–H groups in total. The Labute approximate surface area is 105 Å². The van der Waals surface area contributed by atoms with Gasteiger partial charge in [0.2, 0.25) is 0 Å². The van der Waals surface area contributed by atoms with Gasteiger partial charge in [0.05, 0.1) is 0 Å². The summed E-state index contributed by atoms with van der Waals surface area (Å²) in [6.45, 7) is -0.385. The Morgan fingerprint density at radius 3 is 2.33 bits per heavy atom. The van der Waals surface area contributed by atoms with E-state index >= 15 is 0 Å². The van der Waals surface area contributed by atoms with Crippen molar-refractivity contribution < 1.29 is 18.3 Å². The van der Waals surface area contributed by atoms with Crippen molar-refractivity contribution in [1.82, 2.24) is 4.31 Å². The molecule has 0 spiro atoms. The van der Waals surface area contributed by atoms with Crippen molar-refractivity contribution in [2.45, 2.75) is 12.6 Å². The molecule has 0 bridgehead atoms. The highest BCUT2D eigenvalue weighted by Crippen LogP contribution is 2.07. The number of hydrogen-bond acceptors (Lipinski definition) is 4. The predicted molar refractivity (Wildman–Crippen MR) is 65.6 cm³/mol. The van der Waals surface area contributed by atoms with Crippen LogP contribution in [0.3, 0.4) is 0 Å². The van der Waals surface area contributed by atoms with Crippen LogP contribution in [0, 0.1) is 0 Å². The quantitative estimate of drug-likeness (QED) is 0.619. The summed E-state index contributed by atoms with van der Waals surface area (Å²) >= 11 is 0. The molecular weight excluding hydrogens is 258 g/mol. The largest absolute Gasteiger partial charge is 0.480 e. The number of aliphatic carboxylic acids is 1. The van der Waals surface area contributed by atoms with Crippen molar-refractivity contribution in [2.24, 2.45) is 10.9 Å². The van der Waals surface area contributed by atoms with E-state index in [4.69, 9.17) is 16.0 Å². The summed E-state index contributed by atoms with van der Waals surface area (Å²) in [7, 11) is -4.00. The van der Waals surface area contributed by atoms with Crippen LogP contribution in [0.15, 0.2) is 30.3 Å². The van der Waals surface area contributed by atoms with Crippen molar-refractivity contribution >= 4 is 16.2 Å². The van der Waals surface area contributed by atoms with E-state index in [-0.39, 0.29) is 13.1 Å². The molecule has 0 amide bonds. The third kappa shape index (κ3) is 4.41. The Hall–Kier alpha value is -1.48. The topological polar surface area (TPSA) is 127 Å². The second kappa shape index (κ2) is 5.91. The normalized spacial score (nSPS) is 13.5. The number of nitrogens with two attached hydrogens (primary N) is 2. The van der Waals surface area contributed by atoms with Gasteiger partial charge in [-0.25, -0.2) is 5.14 Å². The zero-order valence-corrected chi connectivity index (χ0v) is 10.4. The highest BCUT2D eigenvalue weighted by Gasteiger charge is 2.23. The predicted octanol–water partition coefficient (Wildman–Crippen LogP) is -0.896. The van der Waals surface area contributed by atoms with E-state index in [0.29, 0.717) is 5.56 Å². The lowest BCUT2D eigenvalue weighted by atomic mass is 10.2. The molecule has 0 aliphatic rings. The number of carbonyl (C=O) groups is 1. The third-order valence-electron chi connectivity index (χ3n) is 2.28. The second-order valence-electron chi connectivity index (χ2n) is 3.77. The van der Waals surface area contributed by atoms with Crippen LogP contribution < -0.4 is 10.9 Å². The molecule has 8 heteroatoms. The summed E-state index contributed by atoms with van der Waals surface area (Å²) in [5.74, 6) is -1.28. The van der Waals surface area contributed by atoms with Crippen LogP contribution in [0.4, 0.5) is 0 Å². The molecular formula is C10H15N3O4S. The fourth-order valence-corrected chi connectivity index (χ4v) is 2.04. The van der Waals surface area contributed by atoms with Crippen molar-refractivity contribution in [3.05, 3.63) is 35.9 Å². The summed E-state index contributed by atoms with van der Waals surface area (Å²) < 4.78 is 23.5. The molecule has 0 heterocycles. The van der Waals surface area contributed by atoms with Crippen LogP contribution in [0.1, 0.15) is 5.56 Å². The molecule has 0 aliphatic heterocycles. The van der Waals surface area contributed by atoms with E-state index < -0.39 is 22.2 Å². The van der Waals surface area contributed by atoms with Crippen LogP contribution in [0.2, 0.25) is 0 Å². The van der Waals surface area contributed by atoms with Gasteiger partial charge in [-0.2, -0.15) is 12.7 Å². The van der Waals surface area contributed by atoms with E-state index in [1.807, 2.05) is 0 Å². The summed E-state index contributed by atoms with van der Waals surface area (Å²) in [6.07, 6.45) is 0. The maximum absolute atomic E-state index is 11.3. The van der Waals surface area contributed by atoms with Gasteiger partial charge in [-0.05, 0) is 5.56 Å². The van der Waals surface area contributed by atoms with Gasteiger partial charge in [-0.1, -0.05) is 30.3 Å². The van der Waals surface area contributed by atoms with Gasteiger partial charge in [0, 0.05) is 13.1 Å². The van der Waals surface area contributed by atoms with Gasteiger partial charge in [0.25, 0.3) is 10.2 Å². The van der Waals surface area contributed by atoms with E-state index in [0.717, 1.165) is 4.31 Å². The minimum Gasteiger partial charge on any atom is -0.480 e. The Kier molecular flexibility index (Phi) is 4.79. The van der Waals surface area contributed by atoms with Crippen LogP contribution in [-0.2, 0) is 21.5 Å². The first-order chi connectivity index (χ1) is 8.30. The fraction of sp³-hybridized carbons (Fsp3) is 0.300. The molecule has 1 rings (SSSR count). The number of hydrogen-bond donors (Lipinski definition) is 3. The maximum Gasteiger partial charge on any atom is 0.321 e. The molecule has 1 aromatic carbocycles. The van der Waals surface area contributed by atoms with Crippen molar-refractivity contribution in [2.75, 3.05) is 6.54 Å². The molecule has 1 aromatic rings. The molecule has 100 valence electrons. The van der Waals surface area contributed by atoms with Crippen molar-refractivity contribution in [3.8, 4) is 0 Å². The summed E-state index contributed by atoms with van der Waals surface area (Å²) in [5.41, 5.74) is 6.00. The zero-order chi connectivity index (χ0) is 13.8. The minimum atomic E-state index is -4.00. The Morgan fingerprint density at radius 2 is 1.89 bits per heavy atom. The van der Waals surface area contributed by atoms with Crippen molar-refractivity contribution in [1.29, 1.82) is 0 Å². The SMILES string of the molecule is N[C@@H](CN(Cc1ccccc1)S(N)(=O)=O)C(=O)O. The smallest absolute Gasteiger partial charge is 0.321 e. The summed E-state index contributed by atoms with van der Waals surface area (Å²) in [5, 5.41) is 13.7. The first-order valence-electron chi connectivity index (χ1n) is 5.11. The number of carboxylic acids is 1. The van der Waals surface area contributed by atoms with Crippen LogP contribution >= 0.6 is 0 Å². The average Bonchev–Trinajstić information content (AvgIpc) is 2.28. The molecule has 0 saturated carbocycles. The van der Waals surface area contributed by atoms with E-state index in [1.165, 1.54) is 0 Å². The first kappa shape index (κ1) is 14.6. The Balaban J connectivity index is 2.84. The Morgan fingerprint density at radius 1 is 1.33 bits per heavy atom. The molecule has 0 aromatic heterocycles. The molecule has 0 radical (unpaired) electrons. The summed E-state index contributed by atoms with van der Waals surface area (Å²) in [6, 6.07) is 7.39. The van der Waals surface area contributed by atoms with Crippen molar-refractivity contribution in [3.63, 3.8) is 0 Å². The minimum absolute atomic E-state index is 0.0132. The highest BCUT2D eigenvalue weighted by molar-refractivity contribution is 7.86. The monoisotopic (exact) mass is 273 g/mol. The zero-order valence-electron chi connectivity index (χ0n) is 9.56. The maximum atomic E-state index is 11.3. The summed E-state index contributed by atoms with van der Waals surface area (Å²) in [4.78, 5) is 10.6. The van der Waals surface area contributed by atoms with Gasteiger partial charge >= 0.3 is 5.97 Å². The van der Waals surface area contributed by atoms with E-state index in [1.54, 1.807) is 30.3 Å². The molecule has 0 unspecified atom stereocenters. The van der Waals surface area contributed by atoms with Gasteiger partial charge in [-0.15, -0.1) is 0 Å². The molecule has 7 nitrogen and oxygen atoms in total. The number of carboxylic acid groups (broad SMARTS) is 1. The standard InChI is InChI=1S/C10H15N3O4S/c11-9(10(14)15)7-13(18(12,16)17)6-8-4-2-1-3-5-8/h1-5,9H,6-7,11H2,(H,14,15)(H2,12,16,17)/t9-/m0/s1. The van der Waals surface area contributed by atoms with Crippen LogP contribution in [-0.4, -0.2) is 36.4 Å². The van der Waals surface area contributed by atoms with Gasteiger partial charge < -0.3 is 10.8 Å². The van der Waals surface area contributed by atoms with E-state index in [2.05, 4.69) is 0 Å². The number of nitrogens with zero attached hydrogens (tertiary/aromatic N) is 1. The molecule has 1 atom stereocenters. The number of benzene rings is 1. The molecule has 0 saturated heterocycles. The number of rotatable bonds is 6. The lowest BCUT2D eigenvalue weighted by molar-refractivity contribution is -0.138. The Bertz CT molecular complexity index is 503.